The van der Waals surface area contributed by atoms with Gasteiger partial charge in [-0.1, -0.05) is 0 Å². The maximum atomic E-state index is 5.19. The van der Waals surface area contributed by atoms with Crippen molar-refractivity contribution in [3.05, 3.63) is 0 Å². The zero-order valence-electron chi connectivity index (χ0n) is 6.31. The van der Waals surface area contributed by atoms with Crippen LogP contribution in [0.1, 0.15) is 19.8 Å². The van der Waals surface area contributed by atoms with E-state index in [0.717, 1.165) is 0 Å². The van der Waals surface area contributed by atoms with Gasteiger partial charge in [-0.25, -0.2) is 0 Å². The summed E-state index contributed by atoms with van der Waals surface area (Å²) >= 11 is 0. The summed E-state index contributed by atoms with van der Waals surface area (Å²) in [6.07, 6.45) is 2.50. The SMILES string of the molecule is COC(C)(OC)C1CC1. The number of hydrogen-bond acceptors (Lipinski definition) is 2. The number of methoxy groups -OCH3 is 2. The lowest BCUT2D eigenvalue weighted by Gasteiger charge is -2.25. The van der Waals surface area contributed by atoms with E-state index in [-0.39, 0.29) is 5.79 Å². The van der Waals surface area contributed by atoms with Crippen LogP contribution in [-0.4, -0.2) is 20.0 Å². The minimum atomic E-state index is -0.306. The van der Waals surface area contributed by atoms with Gasteiger partial charge in [-0.2, -0.15) is 0 Å². The molecule has 0 bridgehead atoms. The average Bonchev–Trinajstić information content (AvgIpc) is 2.68. The monoisotopic (exact) mass is 130 g/mol. The first-order chi connectivity index (χ1) is 4.23. The molecule has 0 amide bonds. The normalized spacial score (nSPS) is 20.3. The molecule has 1 saturated carbocycles. The minimum Gasteiger partial charge on any atom is -0.353 e. The Labute approximate surface area is 56.2 Å². The van der Waals surface area contributed by atoms with Crippen molar-refractivity contribution in [2.45, 2.75) is 25.6 Å². The fourth-order valence-corrected chi connectivity index (χ4v) is 1.02. The van der Waals surface area contributed by atoms with E-state index in [0.29, 0.717) is 5.92 Å². The highest BCUT2D eigenvalue weighted by molar-refractivity contribution is 4.85. The van der Waals surface area contributed by atoms with Gasteiger partial charge in [-0.3, -0.25) is 0 Å². The number of ether oxygens (including phenoxy) is 2. The van der Waals surface area contributed by atoms with Crippen LogP contribution in [-0.2, 0) is 9.47 Å². The maximum absolute atomic E-state index is 5.19. The molecule has 1 rings (SSSR count). The van der Waals surface area contributed by atoms with Crippen molar-refractivity contribution in [1.82, 2.24) is 0 Å². The molecule has 54 valence electrons. The van der Waals surface area contributed by atoms with Gasteiger partial charge < -0.3 is 9.47 Å². The standard InChI is InChI=1S/C7H14O2/c1-7(8-2,9-3)6-4-5-6/h6H,4-5H2,1-3H3. The highest BCUT2D eigenvalue weighted by Crippen LogP contribution is 2.41. The molecule has 2 heteroatoms. The first-order valence-electron chi connectivity index (χ1n) is 3.33. The van der Waals surface area contributed by atoms with Gasteiger partial charge in [-0.05, 0) is 19.8 Å². The lowest BCUT2D eigenvalue weighted by Crippen LogP contribution is -2.31. The smallest absolute Gasteiger partial charge is 0.167 e. The lowest BCUT2D eigenvalue weighted by atomic mass is 10.2. The van der Waals surface area contributed by atoms with Crippen LogP contribution in [0.2, 0.25) is 0 Å². The summed E-state index contributed by atoms with van der Waals surface area (Å²) in [5, 5.41) is 0. The summed E-state index contributed by atoms with van der Waals surface area (Å²) in [4.78, 5) is 0. The van der Waals surface area contributed by atoms with Crippen LogP contribution in [0.4, 0.5) is 0 Å². The van der Waals surface area contributed by atoms with Crippen LogP contribution in [0, 0.1) is 5.92 Å². The van der Waals surface area contributed by atoms with E-state index in [1.165, 1.54) is 12.8 Å². The van der Waals surface area contributed by atoms with Crippen LogP contribution in [0.15, 0.2) is 0 Å². The van der Waals surface area contributed by atoms with Crippen molar-refractivity contribution in [2.75, 3.05) is 14.2 Å². The Hall–Kier alpha value is -0.0800. The Morgan fingerprint density at radius 1 is 1.22 bits per heavy atom. The van der Waals surface area contributed by atoms with Crippen LogP contribution in [0.5, 0.6) is 0 Å². The Kier molecular flexibility index (Phi) is 1.78. The molecule has 0 heterocycles. The Bertz CT molecular complexity index is 93.1. The van der Waals surface area contributed by atoms with Gasteiger partial charge in [0.1, 0.15) is 0 Å². The highest BCUT2D eigenvalue weighted by Gasteiger charge is 2.41. The van der Waals surface area contributed by atoms with Crippen molar-refractivity contribution in [3.8, 4) is 0 Å². The molecule has 0 aliphatic heterocycles. The molecule has 0 spiro atoms. The van der Waals surface area contributed by atoms with E-state index in [2.05, 4.69) is 0 Å². The molecule has 0 aromatic heterocycles. The van der Waals surface area contributed by atoms with Crippen LogP contribution >= 0.6 is 0 Å². The van der Waals surface area contributed by atoms with Gasteiger partial charge in [0.05, 0.1) is 0 Å². The molecule has 0 saturated heterocycles. The van der Waals surface area contributed by atoms with Crippen LogP contribution in [0.3, 0.4) is 0 Å². The molecule has 0 aromatic rings. The minimum absolute atomic E-state index is 0.306. The molecule has 0 atom stereocenters. The number of hydrogen-bond donors (Lipinski definition) is 0. The molecule has 0 aromatic carbocycles. The third-order valence-corrected chi connectivity index (χ3v) is 2.13. The van der Waals surface area contributed by atoms with Crippen molar-refractivity contribution >= 4 is 0 Å². The summed E-state index contributed by atoms with van der Waals surface area (Å²) in [5.74, 6) is 0.326. The second-order valence-electron chi connectivity index (χ2n) is 2.70. The van der Waals surface area contributed by atoms with E-state index in [4.69, 9.17) is 9.47 Å². The van der Waals surface area contributed by atoms with E-state index in [9.17, 15) is 0 Å². The van der Waals surface area contributed by atoms with Gasteiger partial charge in [0.15, 0.2) is 5.79 Å². The second kappa shape index (κ2) is 2.27. The summed E-state index contributed by atoms with van der Waals surface area (Å²) < 4.78 is 10.4. The molecule has 9 heavy (non-hydrogen) atoms. The topological polar surface area (TPSA) is 18.5 Å². The molecule has 0 radical (unpaired) electrons. The molecular formula is C7H14O2. The van der Waals surface area contributed by atoms with Gasteiger partial charge in [0.25, 0.3) is 0 Å². The number of rotatable bonds is 3. The maximum Gasteiger partial charge on any atom is 0.167 e. The zero-order valence-corrected chi connectivity index (χ0v) is 6.31. The Morgan fingerprint density at radius 3 is 1.78 bits per heavy atom. The lowest BCUT2D eigenvalue weighted by molar-refractivity contribution is -0.207. The van der Waals surface area contributed by atoms with Crippen LogP contribution < -0.4 is 0 Å². The Morgan fingerprint density at radius 2 is 1.67 bits per heavy atom. The first kappa shape index (κ1) is 7.03. The predicted octanol–water partition coefficient (Wildman–Crippen LogP) is 1.41. The zero-order chi connectivity index (χ0) is 6.91. The quantitative estimate of drug-likeness (QED) is 0.538. The molecular weight excluding hydrogens is 116 g/mol. The molecule has 2 nitrogen and oxygen atoms in total. The van der Waals surface area contributed by atoms with E-state index in [1.807, 2.05) is 6.92 Å². The summed E-state index contributed by atoms with van der Waals surface area (Å²) in [5.41, 5.74) is 0. The van der Waals surface area contributed by atoms with Gasteiger partial charge in [0.2, 0.25) is 0 Å². The third kappa shape index (κ3) is 1.25. The van der Waals surface area contributed by atoms with Crippen LogP contribution in [0.25, 0.3) is 0 Å². The van der Waals surface area contributed by atoms with Crippen molar-refractivity contribution in [2.24, 2.45) is 5.92 Å². The van der Waals surface area contributed by atoms with Gasteiger partial charge >= 0.3 is 0 Å². The fraction of sp³-hybridized carbons (Fsp3) is 1.00. The summed E-state index contributed by atoms with van der Waals surface area (Å²) in [6, 6.07) is 0. The average molecular weight is 130 g/mol. The summed E-state index contributed by atoms with van der Waals surface area (Å²) in [7, 11) is 3.39. The molecule has 0 unspecified atom stereocenters. The fourth-order valence-electron chi connectivity index (χ4n) is 1.02. The molecule has 1 aliphatic rings. The largest absolute Gasteiger partial charge is 0.353 e. The third-order valence-electron chi connectivity index (χ3n) is 2.13. The molecule has 1 aliphatic carbocycles. The van der Waals surface area contributed by atoms with Gasteiger partial charge in [0, 0.05) is 20.1 Å². The predicted molar refractivity (Wildman–Crippen MR) is 35.1 cm³/mol. The van der Waals surface area contributed by atoms with E-state index < -0.39 is 0 Å². The second-order valence-corrected chi connectivity index (χ2v) is 2.70. The van der Waals surface area contributed by atoms with E-state index in [1.54, 1.807) is 14.2 Å². The first-order valence-corrected chi connectivity index (χ1v) is 3.33. The molecule has 1 fully saturated rings. The molecule has 0 N–H and O–H groups in total. The highest BCUT2D eigenvalue weighted by atomic mass is 16.7. The van der Waals surface area contributed by atoms with E-state index >= 15 is 0 Å². The van der Waals surface area contributed by atoms with Crippen molar-refractivity contribution < 1.29 is 9.47 Å². The Balaban J connectivity index is 2.43. The van der Waals surface area contributed by atoms with Crippen molar-refractivity contribution in [3.63, 3.8) is 0 Å². The van der Waals surface area contributed by atoms with Gasteiger partial charge in [-0.15, -0.1) is 0 Å². The summed E-state index contributed by atoms with van der Waals surface area (Å²) in [6.45, 7) is 1.99. The van der Waals surface area contributed by atoms with Crippen molar-refractivity contribution in [1.29, 1.82) is 0 Å².